The molecule has 0 atom stereocenters. The topological polar surface area (TPSA) is 52.8 Å². The SMILES string of the molecule is CCn1cc(-c2cc3nccc(Oc4ccccc4F)c3s2)nn1. The van der Waals surface area contributed by atoms with E-state index in [9.17, 15) is 4.39 Å². The number of aromatic nitrogens is 4. The van der Waals surface area contributed by atoms with Crippen LogP contribution in [0, 0.1) is 5.82 Å². The Hall–Kier alpha value is -2.80. The monoisotopic (exact) mass is 340 g/mol. The van der Waals surface area contributed by atoms with Gasteiger partial charge in [-0.2, -0.15) is 0 Å². The number of hydrogen-bond acceptors (Lipinski definition) is 5. The zero-order chi connectivity index (χ0) is 16.5. The van der Waals surface area contributed by atoms with Crippen LogP contribution in [0.25, 0.3) is 20.8 Å². The number of rotatable bonds is 4. The third-order valence-corrected chi connectivity index (χ3v) is 4.71. The lowest BCUT2D eigenvalue weighted by Gasteiger charge is -2.06. The van der Waals surface area contributed by atoms with Crippen LogP contribution in [0.15, 0.2) is 48.8 Å². The highest BCUT2D eigenvalue weighted by Crippen LogP contribution is 2.38. The summed E-state index contributed by atoms with van der Waals surface area (Å²) in [6, 6.07) is 10.0. The highest BCUT2D eigenvalue weighted by molar-refractivity contribution is 7.22. The van der Waals surface area contributed by atoms with Gasteiger partial charge in [-0.25, -0.2) is 4.39 Å². The maximum absolute atomic E-state index is 13.8. The molecule has 0 aliphatic carbocycles. The van der Waals surface area contributed by atoms with Gasteiger partial charge in [0.1, 0.15) is 11.4 Å². The van der Waals surface area contributed by atoms with Gasteiger partial charge in [0.25, 0.3) is 0 Å². The zero-order valence-electron chi connectivity index (χ0n) is 12.8. The Balaban J connectivity index is 1.76. The third kappa shape index (κ3) is 2.63. The van der Waals surface area contributed by atoms with E-state index >= 15 is 0 Å². The molecule has 7 heteroatoms. The number of pyridine rings is 1. The first-order valence-corrected chi connectivity index (χ1v) is 8.27. The van der Waals surface area contributed by atoms with Crippen LogP contribution in [0.1, 0.15) is 6.92 Å². The second-order valence-corrected chi connectivity index (χ2v) is 6.18. The second-order valence-electron chi connectivity index (χ2n) is 5.13. The molecule has 5 nitrogen and oxygen atoms in total. The average Bonchev–Trinajstić information content (AvgIpc) is 3.23. The first-order chi connectivity index (χ1) is 11.7. The molecule has 24 heavy (non-hydrogen) atoms. The van der Waals surface area contributed by atoms with Gasteiger partial charge in [0.05, 0.1) is 21.3 Å². The van der Waals surface area contributed by atoms with E-state index in [1.165, 1.54) is 17.4 Å². The smallest absolute Gasteiger partial charge is 0.165 e. The zero-order valence-corrected chi connectivity index (χ0v) is 13.6. The molecule has 0 aliphatic heterocycles. The van der Waals surface area contributed by atoms with Gasteiger partial charge in [-0.05, 0) is 25.1 Å². The molecule has 0 bridgehead atoms. The Labute approximate surface area is 141 Å². The van der Waals surface area contributed by atoms with Gasteiger partial charge in [0, 0.05) is 18.8 Å². The Bertz CT molecular complexity index is 1010. The summed E-state index contributed by atoms with van der Waals surface area (Å²) in [4.78, 5) is 5.31. The predicted octanol–water partition coefficient (Wildman–Crippen LogP) is 4.51. The van der Waals surface area contributed by atoms with Crippen molar-refractivity contribution in [3.8, 4) is 22.1 Å². The number of nitrogens with zero attached hydrogens (tertiary/aromatic N) is 4. The van der Waals surface area contributed by atoms with E-state index in [0.717, 1.165) is 27.3 Å². The molecular formula is C17H13FN4OS. The fourth-order valence-electron chi connectivity index (χ4n) is 2.33. The number of fused-ring (bicyclic) bond motifs is 1. The summed E-state index contributed by atoms with van der Waals surface area (Å²) >= 11 is 1.50. The number of benzene rings is 1. The van der Waals surface area contributed by atoms with Crippen LogP contribution in [0.2, 0.25) is 0 Å². The van der Waals surface area contributed by atoms with Gasteiger partial charge >= 0.3 is 0 Å². The Morgan fingerprint density at radius 3 is 2.88 bits per heavy atom. The first kappa shape index (κ1) is 14.8. The van der Waals surface area contributed by atoms with Gasteiger partial charge in [-0.1, -0.05) is 17.3 Å². The van der Waals surface area contributed by atoms with Crippen molar-refractivity contribution in [2.24, 2.45) is 0 Å². The highest BCUT2D eigenvalue weighted by Gasteiger charge is 2.14. The van der Waals surface area contributed by atoms with E-state index in [4.69, 9.17) is 4.74 Å². The van der Waals surface area contributed by atoms with Gasteiger partial charge in [-0.15, -0.1) is 16.4 Å². The summed E-state index contributed by atoms with van der Waals surface area (Å²) in [5, 5.41) is 8.23. The van der Waals surface area contributed by atoms with Crippen molar-refractivity contribution in [1.82, 2.24) is 20.0 Å². The van der Waals surface area contributed by atoms with Crippen molar-refractivity contribution in [3.63, 3.8) is 0 Å². The summed E-state index contributed by atoms with van der Waals surface area (Å²) in [7, 11) is 0. The molecular weight excluding hydrogens is 327 g/mol. The Morgan fingerprint density at radius 2 is 2.08 bits per heavy atom. The van der Waals surface area contributed by atoms with Crippen molar-refractivity contribution in [2.75, 3.05) is 0 Å². The normalized spacial score (nSPS) is 11.1. The average molecular weight is 340 g/mol. The molecule has 0 saturated heterocycles. The van der Waals surface area contributed by atoms with Gasteiger partial charge in [0.15, 0.2) is 11.6 Å². The fraction of sp³-hybridized carbons (Fsp3) is 0.118. The van der Waals surface area contributed by atoms with Crippen LogP contribution in [-0.2, 0) is 6.54 Å². The third-order valence-electron chi connectivity index (χ3n) is 3.55. The second kappa shape index (κ2) is 6.01. The Morgan fingerprint density at radius 1 is 1.21 bits per heavy atom. The molecule has 0 saturated carbocycles. The van der Waals surface area contributed by atoms with Gasteiger partial charge < -0.3 is 4.74 Å². The minimum atomic E-state index is -0.398. The van der Waals surface area contributed by atoms with E-state index in [1.54, 1.807) is 35.1 Å². The van der Waals surface area contributed by atoms with Crippen LogP contribution in [0.3, 0.4) is 0 Å². The largest absolute Gasteiger partial charge is 0.453 e. The van der Waals surface area contributed by atoms with Gasteiger partial charge in [-0.3, -0.25) is 9.67 Å². The molecule has 0 spiro atoms. The van der Waals surface area contributed by atoms with E-state index in [-0.39, 0.29) is 5.75 Å². The lowest BCUT2D eigenvalue weighted by atomic mass is 10.3. The van der Waals surface area contributed by atoms with Crippen molar-refractivity contribution in [1.29, 1.82) is 0 Å². The molecule has 0 amide bonds. The van der Waals surface area contributed by atoms with Crippen LogP contribution >= 0.6 is 11.3 Å². The molecule has 0 fully saturated rings. The summed E-state index contributed by atoms with van der Waals surface area (Å²) < 4.78 is 22.2. The minimum absolute atomic E-state index is 0.192. The lowest BCUT2D eigenvalue weighted by Crippen LogP contribution is -1.93. The standard InChI is InChI=1S/C17H13FN4OS/c1-2-22-10-13(20-21-22)16-9-12-17(24-16)15(7-8-19-12)23-14-6-4-3-5-11(14)18/h3-10H,2H2,1H3. The van der Waals surface area contributed by atoms with E-state index in [0.29, 0.717) is 5.75 Å². The summed E-state index contributed by atoms with van der Waals surface area (Å²) in [6.07, 6.45) is 3.54. The quantitative estimate of drug-likeness (QED) is 0.549. The number of aryl methyl sites for hydroxylation is 1. The number of halogens is 1. The van der Waals surface area contributed by atoms with Crippen molar-refractivity contribution < 1.29 is 9.13 Å². The fourth-order valence-corrected chi connectivity index (χ4v) is 3.35. The first-order valence-electron chi connectivity index (χ1n) is 7.46. The van der Waals surface area contributed by atoms with Crippen LogP contribution in [-0.4, -0.2) is 20.0 Å². The lowest BCUT2D eigenvalue weighted by molar-refractivity contribution is 0.447. The summed E-state index contributed by atoms with van der Waals surface area (Å²) in [5.41, 5.74) is 1.58. The number of hydrogen-bond donors (Lipinski definition) is 0. The Kier molecular flexibility index (Phi) is 3.70. The maximum Gasteiger partial charge on any atom is 0.165 e. The van der Waals surface area contributed by atoms with Crippen LogP contribution in [0.5, 0.6) is 11.5 Å². The van der Waals surface area contributed by atoms with Crippen LogP contribution in [0.4, 0.5) is 4.39 Å². The molecule has 4 rings (SSSR count). The molecule has 0 aliphatic rings. The molecule has 120 valence electrons. The van der Waals surface area contributed by atoms with E-state index in [2.05, 4.69) is 15.3 Å². The molecule has 4 aromatic rings. The van der Waals surface area contributed by atoms with Gasteiger partial charge in [0.2, 0.25) is 0 Å². The minimum Gasteiger partial charge on any atom is -0.453 e. The highest BCUT2D eigenvalue weighted by atomic mass is 32.1. The summed E-state index contributed by atoms with van der Waals surface area (Å²) in [5.74, 6) is 0.367. The predicted molar refractivity (Wildman–Crippen MR) is 90.8 cm³/mol. The number of ether oxygens (including phenoxy) is 1. The molecule has 3 aromatic heterocycles. The van der Waals surface area contributed by atoms with Crippen molar-refractivity contribution in [3.05, 3.63) is 54.6 Å². The molecule has 0 unspecified atom stereocenters. The molecule has 0 radical (unpaired) electrons. The summed E-state index contributed by atoms with van der Waals surface area (Å²) in [6.45, 7) is 2.77. The number of thiophene rings is 1. The van der Waals surface area contributed by atoms with E-state index in [1.807, 2.05) is 19.2 Å². The van der Waals surface area contributed by atoms with Crippen molar-refractivity contribution >= 4 is 21.6 Å². The van der Waals surface area contributed by atoms with Crippen LogP contribution < -0.4 is 4.74 Å². The molecule has 1 aromatic carbocycles. The van der Waals surface area contributed by atoms with E-state index < -0.39 is 5.82 Å². The molecule has 3 heterocycles. The molecule has 0 N–H and O–H groups in total. The number of para-hydroxylation sites is 1. The maximum atomic E-state index is 13.8. The van der Waals surface area contributed by atoms with Crippen molar-refractivity contribution in [2.45, 2.75) is 13.5 Å².